The Kier molecular flexibility index (Phi) is 8.23. The lowest BCUT2D eigenvalue weighted by molar-refractivity contribution is -0.149. The monoisotopic (exact) mass is 340 g/mol. The molecule has 0 aliphatic heterocycles. The van der Waals surface area contributed by atoms with Crippen molar-refractivity contribution in [3.05, 3.63) is 0 Å². The molecule has 0 unspecified atom stereocenters. The van der Waals surface area contributed by atoms with Crippen LogP contribution in [0.15, 0.2) is 0 Å². The standard InChI is InChI=1S/C17H33BN2O4/c1-4-12(2)14(19)15(21)20-13-7-9-17(11-13,16(22)23)8-5-6-10-18(3)24/h12-14,24H,4-11,19H2,1-3H3,(H,20,21)(H,22,23)/t12-,13-,14-,17+/m0/s1. The normalized spacial score (nSPS) is 26.0. The summed E-state index contributed by atoms with van der Waals surface area (Å²) in [4.78, 5) is 24.0. The Hall–Kier alpha value is -1.08. The fraction of sp³-hybridized carbons (Fsp3) is 0.882. The number of unbranched alkanes of at least 4 members (excludes halogenated alkanes) is 1. The lowest BCUT2D eigenvalue weighted by atomic mass is 9.66. The molecular formula is C17H33BN2O4. The molecule has 7 heteroatoms. The largest absolute Gasteiger partial charge is 0.481 e. The Morgan fingerprint density at radius 2 is 2.08 bits per heavy atom. The van der Waals surface area contributed by atoms with Crippen molar-refractivity contribution in [2.75, 3.05) is 0 Å². The van der Waals surface area contributed by atoms with Gasteiger partial charge in [0.1, 0.15) is 0 Å². The molecule has 0 bridgehead atoms. The van der Waals surface area contributed by atoms with Crippen LogP contribution in [0, 0.1) is 11.3 Å². The summed E-state index contributed by atoms with van der Waals surface area (Å²) in [6.07, 6.45) is 5.46. The second-order valence-electron chi connectivity index (χ2n) is 7.54. The van der Waals surface area contributed by atoms with Gasteiger partial charge in [0.15, 0.2) is 0 Å². The van der Waals surface area contributed by atoms with Crippen LogP contribution in [0.2, 0.25) is 13.1 Å². The van der Waals surface area contributed by atoms with Crippen LogP contribution >= 0.6 is 0 Å². The fourth-order valence-corrected chi connectivity index (χ4v) is 3.49. The Morgan fingerprint density at radius 1 is 1.42 bits per heavy atom. The van der Waals surface area contributed by atoms with Crippen LogP contribution in [0.5, 0.6) is 0 Å². The second-order valence-corrected chi connectivity index (χ2v) is 7.54. The fourth-order valence-electron chi connectivity index (χ4n) is 3.49. The highest BCUT2D eigenvalue weighted by atomic mass is 16.4. The van der Waals surface area contributed by atoms with Crippen molar-refractivity contribution >= 4 is 18.8 Å². The van der Waals surface area contributed by atoms with E-state index in [1.54, 1.807) is 6.82 Å². The predicted octanol–water partition coefficient (Wildman–Crippen LogP) is 1.88. The van der Waals surface area contributed by atoms with Crippen molar-refractivity contribution in [2.45, 2.75) is 84.0 Å². The summed E-state index contributed by atoms with van der Waals surface area (Å²) >= 11 is 0. The molecule has 138 valence electrons. The number of carbonyl (C=O) groups is 2. The zero-order valence-corrected chi connectivity index (χ0v) is 15.3. The zero-order valence-electron chi connectivity index (χ0n) is 15.3. The number of nitrogens with one attached hydrogen (secondary N) is 1. The van der Waals surface area contributed by atoms with E-state index in [0.29, 0.717) is 32.0 Å². The molecule has 6 nitrogen and oxygen atoms in total. The van der Waals surface area contributed by atoms with Gasteiger partial charge in [-0.15, -0.1) is 0 Å². The van der Waals surface area contributed by atoms with E-state index >= 15 is 0 Å². The highest BCUT2D eigenvalue weighted by Gasteiger charge is 2.45. The van der Waals surface area contributed by atoms with Crippen LogP contribution in [0.1, 0.15) is 58.8 Å². The quantitative estimate of drug-likeness (QED) is 0.358. The first-order chi connectivity index (χ1) is 11.2. The van der Waals surface area contributed by atoms with Gasteiger partial charge in [0.2, 0.25) is 5.91 Å². The number of aliphatic carboxylic acids is 1. The van der Waals surface area contributed by atoms with Gasteiger partial charge in [-0.3, -0.25) is 9.59 Å². The summed E-state index contributed by atoms with van der Waals surface area (Å²) in [7, 11) is 0. The minimum absolute atomic E-state index is 0.108. The molecule has 24 heavy (non-hydrogen) atoms. The molecule has 0 saturated heterocycles. The second kappa shape index (κ2) is 9.42. The van der Waals surface area contributed by atoms with E-state index in [1.165, 1.54) is 0 Å². The van der Waals surface area contributed by atoms with Crippen LogP contribution in [-0.2, 0) is 9.59 Å². The smallest absolute Gasteiger partial charge is 0.309 e. The van der Waals surface area contributed by atoms with E-state index in [9.17, 15) is 19.7 Å². The topological polar surface area (TPSA) is 113 Å². The summed E-state index contributed by atoms with van der Waals surface area (Å²) in [6, 6.07) is -0.652. The van der Waals surface area contributed by atoms with Gasteiger partial charge in [0.05, 0.1) is 11.5 Å². The molecule has 1 fully saturated rings. The van der Waals surface area contributed by atoms with Gasteiger partial charge in [-0.25, -0.2) is 0 Å². The summed E-state index contributed by atoms with van der Waals surface area (Å²) in [5.41, 5.74) is 5.20. The summed E-state index contributed by atoms with van der Waals surface area (Å²) in [6.45, 7) is 5.34. The molecule has 0 aromatic carbocycles. The van der Waals surface area contributed by atoms with Crippen LogP contribution in [0.25, 0.3) is 0 Å². The van der Waals surface area contributed by atoms with Crippen molar-refractivity contribution in [1.29, 1.82) is 0 Å². The van der Waals surface area contributed by atoms with E-state index in [2.05, 4.69) is 5.32 Å². The number of hydrogen-bond acceptors (Lipinski definition) is 4. The number of amides is 1. The lowest BCUT2D eigenvalue weighted by Crippen LogP contribution is -2.48. The van der Waals surface area contributed by atoms with Gasteiger partial charge < -0.3 is 21.2 Å². The molecule has 1 rings (SSSR count). The summed E-state index contributed by atoms with van der Waals surface area (Å²) in [5, 5.41) is 21.9. The molecule has 1 aliphatic carbocycles. The average molecular weight is 340 g/mol. The maximum atomic E-state index is 12.2. The van der Waals surface area contributed by atoms with Crippen molar-refractivity contribution in [3.8, 4) is 0 Å². The Labute approximate surface area is 145 Å². The SMILES string of the molecule is CC[C@H](C)[C@H](N)C(=O)N[C@H]1CC[C@@](CCCCB(C)O)(C(=O)O)C1. The van der Waals surface area contributed by atoms with Crippen molar-refractivity contribution < 1.29 is 19.7 Å². The molecule has 0 heterocycles. The highest BCUT2D eigenvalue weighted by Crippen LogP contribution is 2.43. The van der Waals surface area contributed by atoms with Crippen LogP contribution < -0.4 is 11.1 Å². The molecule has 4 atom stereocenters. The maximum Gasteiger partial charge on any atom is 0.309 e. The molecule has 0 spiro atoms. The van der Waals surface area contributed by atoms with Crippen LogP contribution in [0.3, 0.4) is 0 Å². The molecule has 0 aromatic rings. The first kappa shape index (κ1) is 21.0. The van der Waals surface area contributed by atoms with Crippen molar-refractivity contribution in [2.24, 2.45) is 17.1 Å². The van der Waals surface area contributed by atoms with E-state index in [-0.39, 0.29) is 24.8 Å². The molecular weight excluding hydrogens is 307 g/mol. The third kappa shape index (κ3) is 5.78. The number of carboxylic acids is 1. The van der Waals surface area contributed by atoms with E-state index in [1.807, 2.05) is 13.8 Å². The molecule has 0 radical (unpaired) electrons. The number of rotatable bonds is 10. The number of hydrogen-bond donors (Lipinski definition) is 4. The van der Waals surface area contributed by atoms with Crippen molar-refractivity contribution in [1.82, 2.24) is 5.32 Å². The first-order valence-corrected chi connectivity index (χ1v) is 9.19. The predicted molar refractivity (Wildman–Crippen MR) is 95.8 cm³/mol. The highest BCUT2D eigenvalue weighted by molar-refractivity contribution is 6.48. The van der Waals surface area contributed by atoms with Gasteiger partial charge in [0.25, 0.3) is 6.92 Å². The third-order valence-electron chi connectivity index (χ3n) is 5.50. The van der Waals surface area contributed by atoms with Crippen LogP contribution in [-0.4, -0.2) is 41.0 Å². The minimum atomic E-state index is -0.775. The van der Waals surface area contributed by atoms with E-state index < -0.39 is 17.4 Å². The Bertz CT molecular complexity index is 433. The summed E-state index contributed by atoms with van der Waals surface area (Å²) in [5.74, 6) is -0.844. The van der Waals surface area contributed by atoms with Gasteiger partial charge in [-0.1, -0.05) is 39.9 Å². The number of nitrogens with two attached hydrogens (primary N) is 1. The van der Waals surface area contributed by atoms with Crippen molar-refractivity contribution in [3.63, 3.8) is 0 Å². The van der Waals surface area contributed by atoms with Gasteiger partial charge >= 0.3 is 5.97 Å². The average Bonchev–Trinajstić information content (AvgIpc) is 2.94. The van der Waals surface area contributed by atoms with Gasteiger partial charge in [-0.05, 0) is 37.9 Å². The van der Waals surface area contributed by atoms with Crippen LogP contribution in [0.4, 0.5) is 0 Å². The third-order valence-corrected chi connectivity index (χ3v) is 5.50. The molecule has 1 amide bonds. The van der Waals surface area contributed by atoms with Gasteiger partial charge in [0, 0.05) is 6.04 Å². The lowest BCUT2D eigenvalue weighted by Gasteiger charge is -2.25. The molecule has 1 saturated carbocycles. The molecule has 1 aliphatic rings. The molecule has 5 N–H and O–H groups in total. The molecule has 0 aromatic heterocycles. The van der Waals surface area contributed by atoms with E-state index in [4.69, 9.17) is 5.73 Å². The maximum absolute atomic E-state index is 12.2. The number of carbonyl (C=O) groups excluding carboxylic acids is 1. The zero-order chi connectivity index (χ0) is 18.3. The van der Waals surface area contributed by atoms with E-state index in [0.717, 1.165) is 19.3 Å². The summed E-state index contributed by atoms with van der Waals surface area (Å²) < 4.78 is 0. The first-order valence-electron chi connectivity index (χ1n) is 9.19. The number of carboxylic acid groups (broad SMARTS) is 1. The Morgan fingerprint density at radius 3 is 2.62 bits per heavy atom. The minimum Gasteiger partial charge on any atom is -0.481 e. The Balaban J connectivity index is 2.55. The van der Waals surface area contributed by atoms with Gasteiger partial charge in [-0.2, -0.15) is 0 Å².